The van der Waals surface area contributed by atoms with Crippen LogP contribution in [-0.2, 0) is 3.79 Å². The van der Waals surface area contributed by atoms with Gasteiger partial charge in [0.25, 0.3) is 0 Å². The lowest BCUT2D eigenvalue weighted by Gasteiger charge is -2.07. The molecule has 0 N–H and O–H groups in total. The molecule has 0 spiro atoms. The third-order valence-corrected chi connectivity index (χ3v) is 3.17. The van der Waals surface area contributed by atoms with Crippen LogP contribution in [0.3, 0.4) is 0 Å². The summed E-state index contributed by atoms with van der Waals surface area (Å²) in [6.45, 7) is 0.239. The molecule has 1 aromatic heterocycles. The van der Waals surface area contributed by atoms with Crippen LogP contribution in [-0.4, -0.2) is 21.7 Å². The van der Waals surface area contributed by atoms with Crippen molar-refractivity contribution in [1.29, 1.82) is 0 Å². The monoisotopic (exact) mass is 343 g/mol. The van der Waals surface area contributed by atoms with Gasteiger partial charge in [-0.05, 0) is 23.8 Å². The molecular formula is C13H8Cl3N3O2. The minimum Gasteiger partial charge on any atom is -0.454 e. The van der Waals surface area contributed by atoms with Gasteiger partial charge < -0.3 is 9.47 Å². The van der Waals surface area contributed by atoms with Crippen molar-refractivity contribution in [3.8, 4) is 11.5 Å². The van der Waals surface area contributed by atoms with Crippen LogP contribution in [0.1, 0.15) is 17.2 Å². The number of rotatable bonds is 2. The third kappa shape index (κ3) is 3.37. The first-order chi connectivity index (χ1) is 10.0. The molecule has 0 amide bonds. The van der Waals surface area contributed by atoms with E-state index < -0.39 is 3.79 Å². The van der Waals surface area contributed by atoms with E-state index in [2.05, 4.69) is 15.0 Å². The molecule has 1 aliphatic heterocycles. The Kier molecular flexibility index (Phi) is 3.89. The van der Waals surface area contributed by atoms with Crippen molar-refractivity contribution in [3.63, 3.8) is 0 Å². The summed E-state index contributed by atoms with van der Waals surface area (Å²) < 4.78 is 8.88. The molecule has 0 aliphatic carbocycles. The number of hydrogen-bond donors (Lipinski definition) is 0. The fourth-order valence-corrected chi connectivity index (χ4v) is 1.99. The predicted octanol–water partition coefficient (Wildman–Crippen LogP) is 3.60. The molecule has 3 rings (SSSR count). The molecule has 0 unspecified atom stereocenters. The zero-order chi connectivity index (χ0) is 14.9. The van der Waals surface area contributed by atoms with Gasteiger partial charge in [-0.2, -0.15) is 0 Å². The van der Waals surface area contributed by atoms with E-state index in [1.54, 1.807) is 6.08 Å². The fraction of sp³-hybridized carbons (Fsp3) is 0.154. The Balaban J connectivity index is 1.83. The van der Waals surface area contributed by atoms with Crippen molar-refractivity contribution in [1.82, 2.24) is 15.0 Å². The Morgan fingerprint density at radius 3 is 2.67 bits per heavy atom. The molecule has 1 aromatic carbocycles. The summed E-state index contributed by atoms with van der Waals surface area (Å²) in [6, 6.07) is 5.58. The van der Waals surface area contributed by atoms with Gasteiger partial charge in [-0.25, -0.2) is 15.0 Å². The van der Waals surface area contributed by atoms with Crippen molar-refractivity contribution in [2.24, 2.45) is 0 Å². The minimum absolute atomic E-state index is 0.0767. The normalized spacial score (nSPS) is 13.9. The first-order valence-corrected chi connectivity index (χ1v) is 7.00. The lowest BCUT2D eigenvalue weighted by Crippen LogP contribution is -2.08. The summed E-state index contributed by atoms with van der Waals surface area (Å²) in [6.07, 6.45) is 4.81. The van der Waals surface area contributed by atoms with Gasteiger partial charge in [0.05, 0.1) is 0 Å². The van der Waals surface area contributed by atoms with E-state index in [0.717, 1.165) is 11.3 Å². The van der Waals surface area contributed by atoms with Gasteiger partial charge in [0, 0.05) is 0 Å². The highest BCUT2D eigenvalue weighted by Crippen LogP contribution is 2.35. The Bertz CT molecular complexity index is 701. The second-order valence-corrected chi connectivity index (χ2v) is 6.39. The number of alkyl halides is 3. The Morgan fingerprint density at radius 2 is 1.86 bits per heavy atom. The molecule has 8 heteroatoms. The third-order valence-electron chi connectivity index (χ3n) is 2.67. The Hall–Kier alpha value is -1.56. The van der Waals surface area contributed by atoms with Crippen LogP contribution >= 0.6 is 34.8 Å². The maximum Gasteiger partial charge on any atom is 0.250 e. The van der Waals surface area contributed by atoms with Gasteiger partial charge in [0.2, 0.25) is 10.6 Å². The molecule has 2 aromatic rings. The summed E-state index contributed by atoms with van der Waals surface area (Å²) in [5.74, 6) is 1.90. The molecule has 21 heavy (non-hydrogen) atoms. The molecule has 108 valence electrons. The number of nitrogens with zero attached hydrogens (tertiary/aromatic N) is 3. The summed E-state index contributed by atoms with van der Waals surface area (Å²) in [5, 5.41) is 0. The Labute approximate surface area is 135 Å². The molecule has 0 saturated carbocycles. The standard InChI is InChI=1S/C13H8Cl3N3O2/c14-13(15,16)12-18-6-17-11(19-12)4-2-8-1-3-9-10(5-8)21-7-20-9/h1-6H,7H2. The van der Waals surface area contributed by atoms with Crippen LogP contribution in [0.25, 0.3) is 12.2 Å². The molecule has 0 atom stereocenters. The van der Waals surface area contributed by atoms with Crippen LogP contribution in [0, 0.1) is 0 Å². The van der Waals surface area contributed by atoms with E-state index in [1.807, 2.05) is 24.3 Å². The van der Waals surface area contributed by atoms with E-state index in [4.69, 9.17) is 44.3 Å². The van der Waals surface area contributed by atoms with Gasteiger partial charge in [0.15, 0.2) is 23.1 Å². The van der Waals surface area contributed by atoms with E-state index >= 15 is 0 Å². The average Bonchev–Trinajstić information content (AvgIpc) is 2.92. The van der Waals surface area contributed by atoms with E-state index in [-0.39, 0.29) is 12.6 Å². The number of ether oxygens (including phenoxy) is 2. The number of hydrogen-bond acceptors (Lipinski definition) is 5. The zero-order valence-electron chi connectivity index (χ0n) is 10.5. The average molecular weight is 345 g/mol. The number of benzene rings is 1. The van der Waals surface area contributed by atoms with Gasteiger partial charge in [-0.15, -0.1) is 0 Å². The zero-order valence-corrected chi connectivity index (χ0v) is 12.7. The van der Waals surface area contributed by atoms with Crippen molar-refractivity contribution in [2.75, 3.05) is 6.79 Å². The molecule has 0 fully saturated rings. The molecular weight excluding hydrogens is 337 g/mol. The van der Waals surface area contributed by atoms with Crippen LogP contribution in [0.4, 0.5) is 0 Å². The smallest absolute Gasteiger partial charge is 0.250 e. The quantitative estimate of drug-likeness (QED) is 0.779. The maximum atomic E-state index is 5.74. The molecule has 0 radical (unpaired) electrons. The summed E-state index contributed by atoms with van der Waals surface area (Å²) in [7, 11) is 0. The van der Waals surface area contributed by atoms with Crippen LogP contribution in [0.5, 0.6) is 11.5 Å². The maximum absolute atomic E-state index is 5.74. The second kappa shape index (κ2) is 5.67. The highest BCUT2D eigenvalue weighted by Gasteiger charge is 2.26. The molecule has 0 bridgehead atoms. The van der Waals surface area contributed by atoms with Crippen molar-refractivity contribution < 1.29 is 9.47 Å². The van der Waals surface area contributed by atoms with Crippen molar-refractivity contribution in [2.45, 2.75) is 3.79 Å². The fourth-order valence-electron chi connectivity index (χ4n) is 1.71. The molecule has 0 saturated heterocycles. The SMILES string of the molecule is ClC(Cl)(Cl)c1ncnc(C=Cc2ccc3c(c2)OCO3)n1. The van der Waals surface area contributed by atoms with Gasteiger partial charge in [0.1, 0.15) is 6.33 Å². The Morgan fingerprint density at radius 1 is 1.05 bits per heavy atom. The van der Waals surface area contributed by atoms with Gasteiger partial charge in [-0.3, -0.25) is 0 Å². The number of aromatic nitrogens is 3. The predicted molar refractivity (Wildman–Crippen MR) is 80.6 cm³/mol. The van der Waals surface area contributed by atoms with Crippen LogP contribution in [0.15, 0.2) is 24.5 Å². The summed E-state index contributed by atoms with van der Waals surface area (Å²) >= 11 is 17.2. The molecule has 5 nitrogen and oxygen atoms in total. The first kappa shape index (κ1) is 14.4. The summed E-state index contributed by atoms with van der Waals surface area (Å²) in [4.78, 5) is 11.9. The highest BCUT2D eigenvalue weighted by atomic mass is 35.6. The molecule has 2 heterocycles. The topological polar surface area (TPSA) is 57.1 Å². The number of halogens is 3. The van der Waals surface area contributed by atoms with E-state index in [1.165, 1.54) is 6.33 Å². The van der Waals surface area contributed by atoms with Crippen molar-refractivity contribution in [3.05, 3.63) is 41.7 Å². The number of fused-ring (bicyclic) bond motifs is 1. The van der Waals surface area contributed by atoms with Crippen LogP contribution in [0.2, 0.25) is 0 Å². The second-order valence-electron chi connectivity index (χ2n) is 4.11. The van der Waals surface area contributed by atoms with Crippen LogP contribution < -0.4 is 9.47 Å². The minimum atomic E-state index is -1.68. The van der Waals surface area contributed by atoms with Gasteiger partial charge in [-0.1, -0.05) is 46.9 Å². The van der Waals surface area contributed by atoms with E-state index in [0.29, 0.717) is 11.6 Å². The van der Waals surface area contributed by atoms with Crippen molar-refractivity contribution >= 4 is 47.0 Å². The largest absolute Gasteiger partial charge is 0.454 e. The first-order valence-electron chi connectivity index (χ1n) is 5.86. The molecule has 1 aliphatic rings. The summed E-state index contributed by atoms with van der Waals surface area (Å²) in [5.41, 5.74) is 0.912. The lowest BCUT2D eigenvalue weighted by atomic mass is 10.2. The van der Waals surface area contributed by atoms with E-state index in [9.17, 15) is 0 Å². The highest BCUT2D eigenvalue weighted by molar-refractivity contribution is 6.66. The lowest BCUT2D eigenvalue weighted by molar-refractivity contribution is 0.174. The van der Waals surface area contributed by atoms with Gasteiger partial charge >= 0.3 is 0 Å².